The number of hydrogen-bond acceptors (Lipinski definition) is 0. The standard InChI is InChI=1S/C15H24/c1-3-4-8-12-15-13-10-7-5-6-9-11-14(15)2/h1,4,8,14-15H,5-7,9-13H2,2H3/b8-4-. The van der Waals surface area contributed by atoms with Gasteiger partial charge in [-0.05, 0) is 30.8 Å². The lowest BCUT2D eigenvalue weighted by Crippen LogP contribution is -2.10. The first-order valence-corrected chi connectivity index (χ1v) is 6.45. The molecule has 0 nitrogen and oxygen atoms in total. The van der Waals surface area contributed by atoms with Gasteiger partial charge in [-0.3, -0.25) is 0 Å². The van der Waals surface area contributed by atoms with Crippen molar-refractivity contribution >= 4 is 0 Å². The highest BCUT2D eigenvalue weighted by Crippen LogP contribution is 2.29. The molecule has 1 aliphatic rings. The van der Waals surface area contributed by atoms with Gasteiger partial charge in [0.05, 0.1) is 0 Å². The highest BCUT2D eigenvalue weighted by Gasteiger charge is 2.16. The minimum atomic E-state index is 0.868. The van der Waals surface area contributed by atoms with Crippen LogP contribution in [0.25, 0.3) is 0 Å². The van der Waals surface area contributed by atoms with Gasteiger partial charge in [0.2, 0.25) is 0 Å². The van der Waals surface area contributed by atoms with Crippen molar-refractivity contribution in [3.8, 4) is 12.3 Å². The molecule has 0 N–H and O–H groups in total. The second-order valence-electron chi connectivity index (χ2n) is 4.89. The Kier molecular flexibility index (Phi) is 6.25. The molecule has 0 bridgehead atoms. The van der Waals surface area contributed by atoms with Gasteiger partial charge in [-0.25, -0.2) is 0 Å². The molecule has 1 saturated carbocycles. The molecule has 2 atom stereocenters. The Morgan fingerprint density at radius 2 is 1.80 bits per heavy atom. The predicted molar refractivity (Wildman–Crippen MR) is 67.6 cm³/mol. The second-order valence-corrected chi connectivity index (χ2v) is 4.89. The first kappa shape index (κ1) is 12.4. The van der Waals surface area contributed by atoms with Gasteiger partial charge >= 0.3 is 0 Å². The van der Waals surface area contributed by atoms with Crippen LogP contribution in [0.3, 0.4) is 0 Å². The van der Waals surface area contributed by atoms with E-state index >= 15 is 0 Å². The monoisotopic (exact) mass is 204 g/mol. The van der Waals surface area contributed by atoms with Crippen molar-refractivity contribution in [3.63, 3.8) is 0 Å². The van der Waals surface area contributed by atoms with Crippen molar-refractivity contribution in [3.05, 3.63) is 12.2 Å². The molecule has 2 unspecified atom stereocenters. The summed E-state index contributed by atoms with van der Waals surface area (Å²) < 4.78 is 0. The molecule has 84 valence electrons. The van der Waals surface area contributed by atoms with Crippen molar-refractivity contribution in [2.75, 3.05) is 0 Å². The third-order valence-corrected chi connectivity index (χ3v) is 3.69. The van der Waals surface area contributed by atoms with Gasteiger partial charge in [0.25, 0.3) is 0 Å². The van der Waals surface area contributed by atoms with E-state index in [4.69, 9.17) is 6.42 Å². The Morgan fingerprint density at radius 3 is 2.53 bits per heavy atom. The summed E-state index contributed by atoms with van der Waals surface area (Å²) in [5.74, 6) is 4.33. The maximum absolute atomic E-state index is 5.22. The molecule has 0 aliphatic heterocycles. The summed E-state index contributed by atoms with van der Waals surface area (Å²) in [5, 5.41) is 0. The Balaban J connectivity index is 2.41. The van der Waals surface area contributed by atoms with Crippen molar-refractivity contribution < 1.29 is 0 Å². The molecule has 0 heterocycles. The number of hydrogen-bond donors (Lipinski definition) is 0. The van der Waals surface area contributed by atoms with Gasteiger partial charge in [-0.15, -0.1) is 6.42 Å². The van der Waals surface area contributed by atoms with Crippen LogP contribution in [0.15, 0.2) is 12.2 Å². The second kappa shape index (κ2) is 7.57. The molecule has 15 heavy (non-hydrogen) atoms. The summed E-state index contributed by atoms with van der Waals surface area (Å²) in [6.45, 7) is 2.42. The summed E-state index contributed by atoms with van der Waals surface area (Å²) in [5.41, 5.74) is 0. The van der Waals surface area contributed by atoms with Crippen LogP contribution in [0.5, 0.6) is 0 Å². The zero-order chi connectivity index (χ0) is 10.9. The minimum Gasteiger partial charge on any atom is -0.115 e. The number of terminal acetylenes is 1. The molecule has 1 rings (SSSR count). The van der Waals surface area contributed by atoms with Gasteiger partial charge in [0.15, 0.2) is 0 Å². The first-order chi connectivity index (χ1) is 7.34. The van der Waals surface area contributed by atoms with Crippen molar-refractivity contribution in [2.24, 2.45) is 11.8 Å². The zero-order valence-corrected chi connectivity index (χ0v) is 10.0. The number of allylic oxidation sites excluding steroid dienone is 2. The van der Waals surface area contributed by atoms with Gasteiger partial charge in [0, 0.05) is 0 Å². The van der Waals surface area contributed by atoms with Crippen LogP contribution >= 0.6 is 0 Å². The summed E-state index contributed by atoms with van der Waals surface area (Å²) in [6.07, 6.45) is 20.4. The van der Waals surface area contributed by atoms with E-state index in [1.54, 1.807) is 0 Å². The predicted octanol–water partition coefficient (Wildman–Crippen LogP) is 4.56. The molecule has 0 saturated heterocycles. The summed E-state index contributed by atoms with van der Waals surface area (Å²) in [6, 6.07) is 0. The van der Waals surface area contributed by atoms with Crippen molar-refractivity contribution in [1.29, 1.82) is 0 Å². The normalized spacial score (nSPS) is 29.1. The molecule has 0 aromatic rings. The summed E-state index contributed by atoms with van der Waals surface area (Å²) >= 11 is 0. The minimum absolute atomic E-state index is 0.868. The molecule has 1 fully saturated rings. The van der Waals surface area contributed by atoms with Crippen LogP contribution in [0.1, 0.15) is 58.3 Å². The molecule has 0 aromatic carbocycles. The third-order valence-electron chi connectivity index (χ3n) is 3.69. The van der Waals surface area contributed by atoms with Gasteiger partial charge in [-0.2, -0.15) is 0 Å². The average molecular weight is 204 g/mol. The molecular weight excluding hydrogens is 180 g/mol. The van der Waals surface area contributed by atoms with Crippen LogP contribution in [-0.4, -0.2) is 0 Å². The SMILES string of the molecule is C#C/C=C\CC1CCCCCCCC1C. The largest absolute Gasteiger partial charge is 0.115 e. The fourth-order valence-corrected chi connectivity index (χ4v) is 2.58. The van der Waals surface area contributed by atoms with Gasteiger partial charge in [-0.1, -0.05) is 57.4 Å². The smallest absolute Gasteiger partial charge is 0.0161 e. The quantitative estimate of drug-likeness (QED) is 0.578. The van der Waals surface area contributed by atoms with Crippen molar-refractivity contribution in [2.45, 2.75) is 58.3 Å². The van der Waals surface area contributed by atoms with E-state index in [-0.39, 0.29) is 0 Å². The van der Waals surface area contributed by atoms with E-state index in [9.17, 15) is 0 Å². The fraction of sp³-hybridized carbons (Fsp3) is 0.733. The van der Waals surface area contributed by atoms with Crippen LogP contribution in [0, 0.1) is 24.2 Å². The maximum atomic E-state index is 5.22. The Hall–Kier alpha value is -0.700. The van der Waals surface area contributed by atoms with Gasteiger partial charge in [0.1, 0.15) is 0 Å². The van der Waals surface area contributed by atoms with Gasteiger partial charge < -0.3 is 0 Å². The van der Waals surface area contributed by atoms with E-state index < -0.39 is 0 Å². The Bertz CT molecular complexity index is 219. The molecule has 0 spiro atoms. The number of rotatable bonds is 2. The highest BCUT2D eigenvalue weighted by atomic mass is 14.2. The van der Waals surface area contributed by atoms with Crippen LogP contribution in [0.2, 0.25) is 0 Å². The topological polar surface area (TPSA) is 0 Å². The molecule has 1 aliphatic carbocycles. The lowest BCUT2D eigenvalue weighted by molar-refractivity contribution is 0.315. The Labute approximate surface area is 95.2 Å². The maximum Gasteiger partial charge on any atom is -0.0161 e. The lowest BCUT2D eigenvalue weighted by atomic mass is 9.84. The van der Waals surface area contributed by atoms with E-state index in [0.29, 0.717) is 0 Å². The summed E-state index contributed by atoms with van der Waals surface area (Å²) in [7, 11) is 0. The third kappa shape index (κ3) is 5.07. The van der Waals surface area contributed by atoms with Crippen LogP contribution < -0.4 is 0 Å². The highest BCUT2D eigenvalue weighted by molar-refractivity contribution is 5.08. The van der Waals surface area contributed by atoms with E-state index in [2.05, 4.69) is 18.9 Å². The van der Waals surface area contributed by atoms with E-state index in [1.165, 1.54) is 51.4 Å². The molecule has 0 amide bonds. The molecule has 0 heteroatoms. The van der Waals surface area contributed by atoms with Crippen LogP contribution in [0.4, 0.5) is 0 Å². The first-order valence-electron chi connectivity index (χ1n) is 6.45. The Morgan fingerprint density at radius 1 is 1.13 bits per heavy atom. The average Bonchev–Trinajstić information content (AvgIpc) is 2.33. The van der Waals surface area contributed by atoms with Crippen molar-refractivity contribution in [1.82, 2.24) is 0 Å². The molecule has 0 aromatic heterocycles. The zero-order valence-electron chi connectivity index (χ0n) is 10.0. The van der Waals surface area contributed by atoms with E-state index in [0.717, 1.165) is 11.8 Å². The molecular formula is C15H24. The van der Waals surface area contributed by atoms with E-state index in [1.807, 2.05) is 6.08 Å². The molecule has 0 radical (unpaired) electrons. The van der Waals surface area contributed by atoms with Crippen LogP contribution in [-0.2, 0) is 0 Å². The lowest BCUT2D eigenvalue weighted by Gasteiger charge is -2.21. The fourth-order valence-electron chi connectivity index (χ4n) is 2.58. The summed E-state index contributed by atoms with van der Waals surface area (Å²) in [4.78, 5) is 0.